The zero-order valence-electron chi connectivity index (χ0n) is 18.4. The second-order valence-corrected chi connectivity index (χ2v) is 9.07. The number of aliphatic hydroxyl groups excluding tert-OH is 1. The van der Waals surface area contributed by atoms with Gasteiger partial charge in [-0.2, -0.15) is 0 Å². The minimum absolute atomic E-state index is 0.0812. The fourth-order valence-corrected chi connectivity index (χ4v) is 4.79. The molecule has 0 aliphatic carbocycles. The van der Waals surface area contributed by atoms with E-state index in [9.17, 15) is 14.7 Å². The summed E-state index contributed by atoms with van der Waals surface area (Å²) in [7, 11) is 0. The summed E-state index contributed by atoms with van der Waals surface area (Å²) in [4.78, 5) is 32.8. The molecule has 4 aromatic rings. The molecule has 0 bridgehead atoms. The largest absolute Gasteiger partial charge is 0.392 e. The van der Waals surface area contributed by atoms with Gasteiger partial charge in [0.1, 0.15) is 0 Å². The number of anilines is 1. The molecule has 6 nitrogen and oxygen atoms in total. The number of fused-ring (bicyclic) bond motifs is 1. The van der Waals surface area contributed by atoms with E-state index in [2.05, 4.69) is 4.98 Å². The maximum Gasteiger partial charge on any atom is 0.262 e. The number of amides is 1. The molecule has 8 heteroatoms. The van der Waals surface area contributed by atoms with Crippen LogP contribution >= 0.6 is 22.9 Å². The number of thiazole rings is 1. The predicted octanol–water partition coefficient (Wildman–Crippen LogP) is 5.23. The van der Waals surface area contributed by atoms with E-state index >= 15 is 0 Å². The monoisotopic (exact) mass is 481 g/mol. The van der Waals surface area contributed by atoms with E-state index in [1.807, 2.05) is 31.4 Å². The van der Waals surface area contributed by atoms with Crippen LogP contribution in [-0.2, 0) is 17.8 Å². The Labute approximate surface area is 201 Å². The molecule has 0 aliphatic rings. The number of aliphatic hydroxyl groups is 1. The molecule has 2 aromatic heterocycles. The van der Waals surface area contributed by atoms with E-state index in [0.29, 0.717) is 33.5 Å². The van der Waals surface area contributed by atoms with Crippen molar-refractivity contribution >= 4 is 50.8 Å². The van der Waals surface area contributed by atoms with Crippen LogP contribution in [0.25, 0.3) is 10.9 Å². The average molecular weight is 482 g/mol. The van der Waals surface area contributed by atoms with Crippen molar-refractivity contribution in [3.8, 4) is 0 Å². The molecule has 33 heavy (non-hydrogen) atoms. The molecule has 0 radical (unpaired) electrons. The minimum atomic E-state index is -0.199. The lowest BCUT2D eigenvalue weighted by atomic mass is 10.0. The molecular formula is C25H24ClN3O3S. The third-order valence-electron chi connectivity index (χ3n) is 5.60. The SMILES string of the molecule is CCCN(C(=O)Cc1c(C)n(C(=O)c2ccc(Cl)cc2)c2ccc(CO)cc12)c1nccs1. The van der Waals surface area contributed by atoms with E-state index in [0.717, 1.165) is 22.9 Å². The van der Waals surface area contributed by atoms with E-state index in [4.69, 9.17) is 11.6 Å². The average Bonchev–Trinajstić information content (AvgIpc) is 3.44. The summed E-state index contributed by atoms with van der Waals surface area (Å²) in [5, 5.41) is 13.5. The van der Waals surface area contributed by atoms with Crippen molar-refractivity contribution < 1.29 is 14.7 Å². The van der Waals surface area contributed by atoms with Gasteiger partial charge in [0.25, 0.3) is 5.91 Å². The number of hydrogen-bond donors (Lipinski definition) is 1. The van der Waals surface area contributed by atoms with Gasteiger partial charge < -0.3 is 5.11 Å². The topological polar surface area (TPSA) is 75.4 Å². The minimum Gasteiger partial charge on any atom is -0.392 e. The van der Waals surface area contributed by atoms with Crippen LogP contribution in [-0.4, -0.2) is 33.0 Å². The van der Waals surface area contributed by atoms with Gasteiger partial charge >= 0.3 is 0 Å². The van der Waals surface area contributed by atoms with Gasteiger partial charge in [0.05, 0.1) is 18.5 Å². The zero-order chi connectivity index (χ0) is 23.5. The quantitative estimate of drug-likeness (QED) is 0.392. The smallest absolute Gasteiger partial charge is 0.262 e. The summed E-state index contributed by atoms with van der Waals surface area (Å²) in [6.45, 7) is 4.31. The molecule has 0 unspecified atom stereocenters. The standard InChI is InChI=1S/C25H24ClN3O3S/c1-3-11-28(25-27-10-12-33-25)23(31)14-20-16(2)29(22-9-4-17(15-30)13-21(20)22)24(32)18-5-7-19(26)8-6-18/h4-10,12-13,30H,3,11,14-15H2,1-2H3. The first-order valence-electron chi connectivity index (χ1n) is 10.7. The highest BCUT2D eigenvalue weighted by atomic mass is 35.5. The van der Waals surface area contributed by atoms with Crippen LogP contribution in [0.4, 0.5) is 5.13 Å². The van der Waals surface area contributed by atoms with Crippen molar-refractivity contribution in [2.45, 2.75) is 33.3 Å². The number of aromatic nitrogens is 2. The molecule has 1 N–H and O–H groups in total. The van der Waals surface area contributed by atoms with Crippen molar-refractivity contribution in [2.75, 3.05) is 11.4 Å². The number of carbonyl (C=O) groups is 2. The normalized spacial score (nSPS) is 11.2. The van der Waals surface area contributed by atoms with Crippen molar-refractivity contribution in [1.29, 1.82) is 0 Å². The highest BCUT2D eigenvalue weighted by molar-refractivity contribution is 7.13. The van der Waals surface area contributed by atoms with Crippen LogP contribution < -0.4 is 4.90 Å². The van der Waals surface area contributed by atoms with E-state index in [1.165, 1.54) is 11.3 Å². The van der Waals surface area contributed by atoms with Gasteiger partial charge in [-0.1, -0.05) is 24.6 Å². The molecule has 0 saturated carbocycles. The summed E-state index contributed by atoms with van der Waals surface area (Å²) in [6.07, 6.45) is 2.61. The van der Waals surface area contributed by atoms with Crippen molar-refractivity contribution in [1.82, 2.24) is 9.55 Å². The van der Waals surface area contributed by atoms with Crippen LogP contribution in [0, 0.1) is 6.92 Å². The van der Waals surface area contributed by atoms with Crippen molar-refractivity contribution in [3.63, 3.8) is 0 Å². The molecule has 4 rings (SSSR count). The summed E-state index contributed by atoms with van der Waals surface area (Å²) in [5.74, 6) is -0.280. The van der Waals surface area contributed by atoms with Crippen LogP contribution in [0.15, 0.2) is 54.0 Å². The number of hydrogen-bond acceptors (Lipinski definition) is 5. The van der Waals surface area contributed by atoms with Gasteiger partial charge in [-0.25, -0.2) is 4.98 Å². The van der Waals surface area contributed by atoms with E-state index in [-0.39, 0.29) is 24.8 Å². The fraction of sp³-hybridized carbons (Fsp3) is 0.240. The number of rotatable bonds is 7. The van der Waals surface area contributed by atoms with Crippen molar-refractivity contribution in [3.05, 3.63) is 81.4 Å². The second-order valence-electron chi connectivity index (χ2n) is 7.76. The predicted molar refractivity (Wildman–Crippen MR) is 132 cm³/mol. The third-order valence-corrected chi connectivity index (χ3v) is 6.65. The Kier molecular flexibility index (Phi) is 6.93. The summed E-state index contributed by atoms with van der Waals surface area (Å²) < 4.78 is 1.63. The molecule has 1 amide bonds. The lowest BCUT2D eigenvalue weighted by molar-refractivity contribution is -0.118. The maximum atomic E-state index is 13.4. The lowest BCUT2D eigenvalue weighted by Crippen LogP contribution is -2.33. The highest BCUT2D eigenvalue weighted by Gasteiger charge is 2.25. The molecule has 0 atom stereocenters. The molecular weight excluding hydrogens is 458 g/mol. The van der Waals surface area contributed by atoms with Gasteiger partial charge in [0.15, 0.2) is 5.13 Å². The number of benzene rings is 2. The van der Waals surface area contributed by atoms with E-state index in [1.54, 1.807) is 46.0 Å². The van der Waals surface area contributed by atoms with Gasteiger partial charge in [0.2, 0.25) is 5.91 Å². The first kappa shape index (κ1) is 23.2. The van der Waals surface area contributed by atoms with Crippen LogP contribution in [0.5, 0.6) is 0 Å². The summed E-state index contributed by atoms with van der Waals surface area (Å²) >= 11 is 7.42. The Morgan fingerprint density at radius 2 is 1.94 bits per heavy atom. The highest BCUT2D eigenvalue weighted by Crippen LogP contribution is 2.30. The molecule has 170 valence electrons. The van der Waals surface area contributed by atoms with Gasteiger partial charge in [-0.15, -0.1) is 11.3 Å². The maximum absolute atomic E-state index is 13.4. The molecule has 0 aliphatic heterocycles. The fourth-order valence-electron chi connectivity index (χ4n) is 3.98. The lowest BCUT2D eigenvalue weighted by Gasteiger charge is -2.19. The van der Waals surface area contributed by atoms with Crippen molar-refractivity contribution in [2.24, 2.45) is 0 Å². The van der Waals surface area contributed by atoms with Crippen LogP contribution in [0.1, 0.15) is 40.5 Å². The summed E-state index contributed by atoms with van der Waals surface area (Å²) in [6, 6.07) is 12.2. The third kappa shape index (κ3) is 4.57. The molecule has 2 aromatic carbocycles. The number of nitrogens with zero attached hydrogens (tertiary/aromatic N) is 3. The Morgan fingerprint density at radius 3 is 2.58 bits per heavy atom. The van der Waals surface area contributed by atoms with Gasteiger partial charge in [0, 0.05) is 39.8 Å². The van der Waals surface area contributed by atoms with E-state index < -0.39 is 0 Å². The zero-order valence-corrected chi connectivity index (χ0v) is 20.0. The number of carbonyl (C=O) groups excluding carboxylic acids is 2. The summed E-state index contributed by atoms with van der Waals surface area (Å²) in [5.41, 5.74) is 3.38. The van der Waals surface area contributed by atoms with Crippen LogP contribution in [0.2, 0.25) is 5.02 Å². The molecule has 0 saturated heterocycles. The second kappa shape index (κ2) is 9.87. The number of halogens is 1. The Balaban J connectivity index is 1.80. The first-order chi connectivity index (χ1) is 15.9. The molecule has 0 fully saturated rings. The first-order valence-corrected chi connectivity index (χ1v) is 11.9. The van der Waals surface area contributed by atoms with Crippen LogP contribution in [0.3, 0.4) is 0 Å². The molecule has 0 spiro atoms. The molecule has 2 heterocycles. The Bertz CT molecular complexity index is 1300. The van der Waals surface area contributed by atoms with Gasteiger partial charge in [-0.05, 0) is 60.9 Å². The van der Waals surface area contributed by atoms with Gasteiger partial charge in [-0.3, -0.25) is 19.1 Å². The Hall–Kier alpha value is -3.00. The Morgan fingerprint density at radius 1 is 1.18 bits per heavy atom.